The van der Waals surface area contributed by atoms with Gasteiger partial charge in [-0.25, -0.2) is 9.97 Å². The quantitative estimate of drug-likeness (QED) is 0.804. The summed E-state index contributed by atoms with van der Waals surface area (Å²) in [7, 11) is 0. The van der Waals surface area contributed by atoms with Gasteiger partial charge in [0.2, 0.25) is 11.8 Å². The molecule has 2 amide bonds. The molecule has 7 heteroatoms. The van der Waals surface area contributed by atoms with Crippen molar-refractivity contribution >= 4 is 11.8 Å². The molecule has 3 fully saturated rings. The summed E-state index contributed by atoms with van der Waals surface area (Å²) in [6.07, 6.45) is 9.82. The van der Waals surface area contributed by atoms with Gasteiger partial charge in [-0.2, -0.15) is 0 Å². The van der Waals surface area contributed by atoms with Gasteiger partial charge in [-0.15, -0.1) is 0 Å². The Labute approximate surface area is 153 Å². The van der Waals surface area contributed by atoms with Gasteiger partial charge >= 0.3 is 0 Å². The van der Waals surface area contributed by atoms with Crippen LogP contribution < -0.4 is 0 Å². The summed E-state index contributed by atoms with van der Waals surface area (Å²) < 4.78 is 5.86. The van der Waals surface area contributed by atoms with E-state index in [1.165, 1.54) is 6.33 Å². The summed E-state index contributed by atoms with van der Waals surface area (Å²) in [6, 6.07) is 0.122. The maximum absolute atomic E-state index is 12.9. The van der Waals surface area contributed by atoms with Crippen molar-refractivity contribution in [1.29, 1.82) is 0 Å². The molecule has 0 radical (unpaired) electrons. The number of ether oxygens (including phenoxy) is 1. The van der Waals surface area contributed by atoms with Crippen molar-refractivity contribution in [2.45, 2.75) is 50.7 Å². The average Bonchev–Trinajstić information content (AvgIpc) is 3.37. The number of aromatic nitrogens is 2. The van der Waals surface area contributed by atoms with Crippen molar-refractivity contribution in [3.8, 4) is 0 Å². The van der Waals surface area contributed by atoms with Crippen LogP contribution in [0.3, 0.4) is 0 Å². The molecule has 7 nitrogen and oxygen atoms in total. The smallest absolute Gasteiger partial charge is 0.227 e. The number of rotatable bonds is 4. The molecule has 0 spiro atoms. The van der Waals surface area contributed by atoms with E-state index < -0.39 is 0 Å². The minimum absolute atomic E-state index is 0.00399. The van der Waals surface area contributed by atoms with E-state index in [1.54, 1.807) is 12.4 Å². The minimum Gasteiger partial charge on any atom is -0.376 e. The van der Waals surface area contributed by atoms with Gasteiger partial charge in [0, 0.05) is 45.1 Å². The van der Waals surface area contributed by atoms with Crippen LogP contribution in [0.25, 0.3) is 0 Å². The molecule has 4 heterocycles. The van der Waals surface area contributed by atoms with Crippen molar-refractivity contribution in [2.75, 3.05) is 26.2 Å². The third kappa shape index (κ3) is 3.58. The Balaban J connectivity index is 1.42. The summed E-state index contributed by atoms with van der Waals surface area (Å²) in [5, 5.41) is 0. The van der Waals surface area contributed by atoms with Crippen LogP contribution in [0.2, 0.25) is 0 Å². The zero-order valence-electron chi connectivity index (χ0n) is 15.0. The Morgan fingerprint density at radius 1 is 1.19 bits per heavy atom. The number of hydrogen-bond acceptors (Lipinski definition) is 5. The lowest BCUT2D eigenvalue weighted by Crippen LogP contribution is -2.55. The summed E-state index contributed by atoms with van der Waals surface area (Å²) >= 11 is 0. The molecule has 3 saturated heterocycles. The van der Waals surface area contributed by atoms with Crippen LogP contribution in [0.5, 0.6) is 0 Å². The SMILES string of the molecule is O=C([C@@H]1C[C@H]2OCC[C@H]2N(C(=O)CCc2cncnc2)C1)N1CCCC1. The zero-order valence-corrected chi connectivity index (χ0v) is 15.0. The largest absolute Gasteiger partial charge is 0.376 e. The van der Waals surface area contributed by atoms with Gasteiger partial charge in [-0.1, -0.05) is 0 Å². The van der Waals surface area contributed by atoms with Crippen molar-refractivity contribution < 1.29 is 14.3 Å². The molecule has 140 valence electrons. The number of aryl methyl sites for hydroxylation is 1. The summed E-state index contributed by atoms with van der Waals surface area (Å²) in [4.78, 5) is 37.6. The predicted octanol–water partition coefficient (Wildman–Crippen LogP) is 1.04. The lowest BCUT2D eigenvalue weighted by atomic mass is 9.88. The minimum atomic E-state index is -0.128. The van der Waals surface area contributed by atoms with Gasteiger partial charge in [0.05, 0.1) is 18.1 Å². The molecule has 0 N–H and O–H groups in total. The number of fused-ring (bicyclic) bond motifs is 1. The molecule has 1 aromatic rings. The van der Waals surface area contributed by atoms with Crippen LogP contribution in [-0.2, 0) is 20.7 Å². The van der Waals surface area contributed by atoms with E-state index in [0.717, 1.165) is 44.3 Å². The fourth-order valence-electron chi connectivity index (χ4n) is 4.46. The Kier molecular flexibility index (Phi) is 5.15. The fourth-order valence-corrected chi connectivity index (χ4v) is 4.46. The molecule has 0 bridgehead atoms. The molecule has 0 unspecified atom stereocenters. The number of carbonyl (C=O) groups is 2. The number of nitrogens with zero attached hydrogens (tertiary/aromatic N) is 4. The van der Waals surface area contributed by atoms with E-state index >= 15 is 0 Å². The Morgan fingerprint density at radius 2 is 1.96 bits per heavy atom. The van der Waals surface area contributed by atoms with Crippen LogP contribution in [-0.4, -0.2) is 70.0 Å². The Hall–Kier alpha value is -2.02. The Bertz CT molecular complexity index is 647. The summed E-state index contributed by atoms with van der Waals surface area (Å²) in [5.74, 6) is 0.176. The van der Waals surface area contributed by atoms with Gasteiger partial charge in [-0.3, -0.25) is 9.59 Å². The van der Waals surface area contributed by atoms with Gasteiger partial charge in [0.25, 0.3) is 0 Å². The van der Waals surface area contributed by atoms with E-state index in [-0.39, 0.29) is 29.9 Å². The van der Waals surface area contributed by atoms with Crippen LogP contribution in [0.15, 0.2) is 18.7 Å². The van der Waals surface area contributed by atoms with Crippen LogP contribution in [0, 0.1) is 5.92 Å². The third-order valence-corrected chi connectivity index (χ3v) is 5.84. The van der Waals surface area contributed by atoms with E-state index in [4.69, 9.17) is 4.74 Å². The average molecular weight is 358 g/mol. The standard InChI is InChI=1S/C19H26N4O3/c24-18(4-3-14-10-20-13-21-11-14)23-12-15(9-17-16(23)5-8-26-17)19(25)22-6-1-2-7-22/h10-11,13,15-17H,1-9,12H2/t15-,16-,17-/m1/s1. The first kappa shape index (κ1) is 17.4. The van der Waals surface area contributed by atoms with E-state index in [9.17, 15) is 9.59 Å². The van der Waals surface area contributed by atoms with E-state index in [1.807, 2.05) is 9.80 Å². The highest BCUT2D eigenvalue weighted by atomic mass is 16.5. The van der Waals surface area contributed by atoms with Crippen molar-refractivity contribution in [3.05, 3.63) is 24.3 Å². The summed E-state index contributed by atoms with van der Waals surface area (Å²) in [5.41, 5.74) is 0.960. The number of piperidine rings is 1. The molecule has 1 aromatic heterocycles. The summed E-state index contributed by atoms with van der Waals surface area (Å²) in [6.45, 7) is 2.92. The van der Waals surface area contributed by atoms with Gasteiger partial charge in [0.1, 0.15) is 6.33 Å². The highest BCUT2D eigenvalue weighted by Crippen LogP contribution is 2.33. The predicted molar refractivity (Wildman–Crippen MR) is 94.1 cm³/mol. The molecule has 0 saturated carbocycles. The molecule has 3 atom stereocenters. The second kappa shape index (κ2) is 7.70. The van der Waals surface area contributed by atoms with Crippen LogP contribution >= 0.6 is 0 Å². The highest BCUT2D eigenvalue weighted by molar-refractivity contribution is 5.82. The lowest BCUT2D eigenvalue weighted by molar-refractivity contribution is -0.146. The first-order valence-corrected chi connectivity index (χ1v) is 9.66. The zero-order chi connectivity index (χ0) is 17.9. The lowest BCUT2D eigenvalue weighted by Gasteiger charge is -2.41. The first-order chi connectivity index (χ1) is 12.7. The Morgan fingerprint density at radius 3 is 2.73 bits per heavy atom. The molecular formula is C19H26N4O3. The van der Waals surface area contributed by atoms with Crippen LogP contribution in [0.1, 0.15) is 37.7 Å². The second-order valence-electron chi connectivity index (χ2n) is 7.52. The monoisotopic (exact) mass is 358 g/mol. The fraction of sp³-hybridized carbons (Fsp3) is 0.684. The molecule has 0 aromatic carbocycles. The van der Waals surface area contributed by atoms with E-state index in [0.29, 0.717) is 26.0 Å². The van der Waals surface area contributed by atoms with Gasteiger partial charge < -0.3 is 14.5 Å². The first-order valence-electron chi connectivity index (χ1n) is 9.66. The van der Waals surface area contributed by atoms with Gasteiger partial charge in [-0.05, 0) is 37.7 Å². The van der Waals surface area contributed by atoms with Crippen molar-refractivity contribution in [1.82, 2.24) is 19.8 Å². The molecular weight excluding hydrogens is 332 g/mol. The number of hydrogen-bond donors (Lipinski definition) is 0. The maximum atomic E-state index is 12.9. The van der Waals surface area contributed by atoms with Crippen LogP contribution in [0.4, 0.5) is 0 Å². The number of amides is 2. The highest BCUT2D eigenvalue weighted by Gasteiger charge is 2.44. The van der Waals surface area contributed by atoms with Crippen molar-refractivity contribution in [2.24, 2.45) is 5.92 Å². The maximum Gasteiger partial charge on any atom is 0.227 e. The molecule has 3 aliphatic heterocycles. The molecule has 4 rings (SSSR count). The third-order valence-electron chi connectivity index (χ3n) is 5.84. The molecule has 26 heavy (non-hydrogen) atoms. The normalized spacial score (nSPS) is 28.2. The molecule has 3 aliphatic rings. The number of likely N-dealkylation sites (tertiary alicyclic amines) is 2. The number of carbonyl (C=O) groups excluding carboxylic acids is 2. The second-order valence-corrected chi connectivity index (χ2v) is 7.52. The van der Waals surface area contributed by atoms with Crippen molar-refractivity contribution in [3.63, 3.8) is 0 Å². The van der Waals surface area contributed by atoms with Gasteiger partial charge in [0.15, 0.2) is 0 Å². The topological polar surface area (TPSA) is 75.6 Å². The van der Waals surface area contributed by atoms with E-state index in [2.05, 4.69) is 9.97 Å². The molecule has 0 aliphatic carbocycles.